The summed E-state index contributed by atoms with van der Waals surface area (Å²) in [5, 5.41) is 0.840. The Morgan fingerprint density at radius 2 is 1.90 bits per heavy atom. The molecule has 0 fully saturated rings. The van der Waals surface area contributed by atoms with Gasteiger partial charge in [0.15, 0.2) is 5.78 Å². The molecule has 20 heavy (non-hydrogen) atoms. The first-order valence-electron chi connectivity index (χ1n) is 5.92. The van der Waals surface area contributed by atoms with Gasteiger partial charge in [-0.25, -0.2) is 0 Å². The van der Waals surface area contributed by atoms with E-state index in [1.165, 1.54) is 6.08 Å². The Bertz CT molecular complexity index is 663. The molecule has 0 heterocycles. The molecule has 0 aliphatic rings. The highest BCUT2D eigenvalue weighted by atomic mass is 35.5. The summed E-state index contributed by atoms with van der Waals surface area (Å²) in [6.07, 6.45) is 3.17. The monoisotopic (exact) mass is 306 g/mol. The molecule has 2 aromatic rings. The van der Waals surface area contributed by atoms with Gasteiger partial charge < -0.3 is 4.74 Å². The van der Waals surface area contributed by atoms with Crippen LogP contribution in [-0.2, 0) is 0 Å². The van der Waals surface area contributed by atoms with Crippen molar-refractivity contribution in [1.29, 1.82) is 0 Å². The lowest BCUT2D eigenvalue weighted by Crippen LogP contribution is -1.95. The van der Waals surface area contributed by atoms with E-state index in [0.29, 0.717) is 21.4 Å². The number of rotatable bonds is 4. The second-order valence-corrected chi connectivity index (χ2v) is 4.91. The third kappa shape index (κ3) is 3.41. The third-order valence-electron chi connectivity index (χ3n) is 2.75. The second-order valence-electron chi connectivity index (χ2n) is 4.06. The minimum Gasteiger partial charge on any atom is -0.496 e. The van der Waals surface area contributed by atoms with Gasteiger partial charge in [-0.2, -0.15) is 0 Å². The molecule has 0 aromatic heterocycles. The zero-order chi connectivity index (χ0) is 14.5. The van der Waals surface area contributed by atoms with Gasteiger partial charge in [-0.1, -0.05) is 41.4 Å². The first-order chi connectivity index (χ1) is 9.61. The van der Waals surface area contributed by atoms with Crippen LogP contribution < -0.4 is 4.74 Å². The number of ketones is 1. The van der Waals surface area contributed by atoms with E-state index in [0.717, 1.165) is 5.56 Å². The smallest absolute Gasteiger partial charge is 0.187 e. The van der Waals surface area contributed by atoms with E-state index in [2.05, 4.69) is 0 Å². The molecule has 0 aliphatic carbocycles. The van der Waals surface area contributed by atoms with Crippen LogP contribution in [0.15, 0.2) is 48.5 Å². The Balaban J connectivity index is 2.25. The fourth-order valence-corrected chi connectivity index (χ4v) is 2.25. The van der Waals surface area contributed by atoms with Crippen LogP contribution in [0, 0.1) is 0 Å². The van der Waals surface area contributed by atoms with Gasteiger partial charge in [-0.05, 0) is 36.4 Å². The molecule has 2 aromatic carbocycles. The lowest BCUT2D eigenvalue weighted by molar-refractivity contribution is 0.104. The van der Waals surface area contributed by atoms with E-state index in [1.807, 2.05) is 24.3 Å². The van der Waals surface area contributed by atoms with Gasteiger partial charge in [0.2, 0.25) is 0 Å². The zero-order valence-corrected chi connectivity index (χ0v) is 12.3. The summed E-state index contributed by atoms with van der Waals surface area (Å²) in [6, 6.07) is 12.2. The van der Waals surface area contributed by atoms with E-state index in [4.69, 9.17) is 27.9 Å². The Kier molecular flexibility index (Phi) is 4.83. The van der Waals surface area contributed by atoms with Gasteiger partial charge in [0, 0.05) is 16.1 Å². The summed E-state index contributed by atoms with van der Waals surface area (Å²) in [6.45, 7) is 0. The van der Waals surface area contributed by atoms with Gasteiger partial charge >= 0.3 is 0 Å². The highest BCUT2D eigenvalue weighted by Gasteiger charge is 2.08. The molecule has 0 unspecified atom stereocenters. The highest BCUT2D eigenvalue weighted by molar-refractivity contribution is 6.37. The minimum absolute atomic E-state index is 0.183. The van der Waals surface area contributed by atoms with Crippen LogP contribution >= 0.6 is 23.2 Å². The lowest BCUT2D eigenvalue weighted by atomic mass is 10.1. The van der Waals surface area contributed by atoms with E-state index in [9.17, 15) is 4.79 Å². The number of methoxy groups -OCH3 is 1. The van der Waals surface area contributed by atoms with Crippen molar-refractivity contribution >= 4 is 35.1 Å². The molecule has 0 saturated heterocycles. The third-order valence-corrected chi connectivity index (χ3v) is 3.30. The summed E-state index contributed by atoms with van der Waals surface area (Å²) in [5.74, 6) is 0.524. The summed E-state index contributed by atoms with van der Waals surface area (Å²) < 4.78 is 5.22. The number of carbonyl (C=O) groups excluding carboxylic acids is 1. The van der Waals surface area contributed by atoms with E-state index >= 15 is 0 Å². The van der Waals surface area contributed by atoms with E-state index in [1.54, 1.807) is 31.4 Å². The average Bonchev–Trinajstić information content (AvgIpc) is 2.45. The van der Waals surface area contributed by atoms with E-state index in [-0.39, 0.29) is 5.78 Å². The van der Waals surface area contributed by atoms with Crippen molar-refractivity contribution in [3.63, 3.8) is 0 Å². The standard InChI is InChI=1S/C16H12Cl2O2/c1-20-16-5-3-2-4-11(16)6-9-15(19)13-8-7-12(17)10-14(13)18/h2-10H,1H3/b9-6+. The predicted molar refractivity (Wildman–Crippen MR) is 82.8 cm³/mol. The molecule has 0 saturated carbocycles. The summed E-state index contributed by atoms with van der Waals surface area (Å²) in [7, 11) is 1.59. The minimum atomic E-state index is -0.183. The largest absolute Gasteiger partial charge is 0.496 e. The molecule has 0 N–H and O–H groups in total. The number of hydrogen-bond acceptors (Lipinski definition) is 2. The highest BCUT2D eigenvalue weighted by Crippen LogP contribution is 2.23. The van der Waals surface area contributed by atoms with Gasteiger partial charge in [0.1, 0.15) is 5.75 Å². The maximum atomic E-state index is 12.1. The van der Waals surface area contributed by atoms with Crippen LogP contribution in [0.2, 0.25) is 10.0 Å². The second kappa shape index (κ2) is 6.60. The molecule has 2 nitrogen and oxygen atoms in total. The van der Waals surface area contributed by atoms with E-state index < -0.39 is 0 Å². The van der Waals surface area contributed by atoms with Crippen molar-refractivity contribution in [2.75, 3.05) is 7.11 Å². The fraction of sp³-hybridized carbons (Fsp3) is 0.0625. The van der Waals surface area contributed by atoms with Crippen LogP contribution in [0.1, 0.15) is 15.9 Å². The van der Waals surface area contributed by atoms with Crippen molar-refractivity contribution in [2.24, 2.45) is 0 Å². The summed E-state index contributed by atoms with van der Waals surface area (Å²) >= 11 is 11.8. The molecule has 0 aliphatic heterocycles. The van der Waals surface area contributed by atoms with Crippen molar-refractivity contribution in [3.05, 3.63) is 69.7 Å². The first-order valence-corrected chi connectivity index (χ1v) is 6.68. The van der Waals surface area contributed by atoms with Gasteiger partial charge in [0.05, 0.1) is 12.1 Å². The maximum Gasteiger partial charge on any atom is 0.187 e. The Labute approximate surface area is 127 Å². The Hall–Kier alpha value is -1.77. The lowest BCUT2D eigenvalue weighted by Gasteiger charge is -2.03. The van der Waals surface area contributed by atoms with Gasteiger partial charge in [0.25, 0.3) is 0 Å². The number of benzene rings is 2. The molecule has 4 heteroatoms. The molecule has 2 rings (SSSR count). The van der Waals surface area contributed by atoms with Crippen molar-refractivity contribution in [2.45, 2.75) is 0 Å². The van der Waals surface area contributed by atoms with Crippen molar-refractivity contribution < 1.29 is 9.53 Å². The number of carbonyl (C=O) groups is 1. The van der Waals surface area contributed by atoms with Crippen LogP contribution in [-0.4, -0.2) is 12.9 Å². The van der Waals surface area contributed by atoms with Gasteiger partial charge in [-0.15, -0.1) is 0 Å². The SMILES string of the molecule is COc1ccccc1/C=C/C(=O)c1ccc(Cl)cc1Cl. The van der Waals surface area contributed by atoms with Gasteiger partial charge in [-0.3, -0.25) is 4.79 Å². The normalized spacial score (nSPS) is 10.8. The van der Waals surface area contributed by atoms with Crippen LogP contribution in [0.3, 0.4) is 0 Å². The molecule has 0 atom stereocenters. The average molecular weight is 307 g/mol. The molecule has 0 bridgehead atoms. The maximum absolute atomic E-state index is 12.1. The van der Waals surface area contributed by atoms with Crippen LogP contribution in [0.5, 0.6) is 5.75 Å². The van der Waals surface area contributed by atoms with Crippen molar-refractivity contribution in [1.82, 2.24) is 0 Å². The quantitative estimate of drug-likeness (QED) is 0.593. The number of allylic oxidation sites excluding steroid dienone is 1. The Morgan fingerprint density at radius 3 is 2.60 bits per heavy atom. The molecule has 0 spiro atoms. The first kappa shape index (κ1) is 14.6. The zero-order valence-electron chi connectivity index (χ0n) is 10.8. The molecular weight excluding hydrogens is 295 g/mol. The molecule has 0 radical (unpaired) electrons. The van der Waals surface area contributed by atoms with Crippen molar-refractivity contribution in [3.8, 4) is 5.75 Å². The number of halogens is 2. The summed E-state index contributed by atoms with van der Waals surface area (Å²) in [4.78, 5) is 12.1. The molecular formula is C16H12Cl2O2. The predicted octanol–water partition coefficient (Wildman–Crippen LogP) is 4.90. The molecule has 102 valence electrons. The number of ether oxygens (including phenoxy) is 1. The number of para-hydroxylation sites is 1. The molecule has 0 amide bonds. The number of hydrogen-bond donors (Lipinski definition) is 0. The Morgan fingerprint density at radius 1 is 1.15 bits per heavy atom. The van der Waals surface area contributed by atoms with Crippen LogP contribution in [0.4, 0.5) is 0 Å². The van der Waals surface area contributed by atoms with Crippen LogP contribution in [0.25, 0.3) is 6.08 Å². The topological polar surface area (TPSA) is 26.3 Å². The summed E-state index contributed by atoms with van der Waals surface area (Å²) in [5.41, 5.74) is 1.25. The fourth-order valence-electron chi connectivity index (χ4n) is 1.75.